The second-order valence-electron chi connectivity index (χ2n) is 5.08. The number of hydrogen-bond acceptors (Lipinski definition) is 5. The van der Waals surface area contributed by atoms with E-state index in [9.17, 15) is 4.79 Å². The summed E-state index contributed by atoms with van der Waals surface area (Å²) in [4.78, 5) is 10.7. The van der Waals surface area contributed by atoms with Crippen LogP contribution in [0.4, 0.5) is 0 Å². The number of aliphatic carboxylic acids is 1. The minimum Gasteiger partial charge on any atom is -0.480 e. The molecule has 2 aromatic rings. The van der Waals surface area contributed by atoms with Crippen LogP contribution < -0.4 is 4.74 Å². The molecule has 0 spiro atoms. The number of carboxylic acid groups (broad SMARTS) is 1. The predicted molar refractivity (Wildman–Crippen MR) is 73.5 cm³/mol. The topological polar surface area (TPSA) is 90.1 Å². The molecule has 7 nitrogen and oxygen atoms in total. The molecule has 3 rings (SSSR count). The van der Waals surface area contributed by atoms with Crippen molar-refractivity contribution in [2.45, 2.75) is 31.6 Å². The van der Waals surface area contributed by atoms with Gasteiger partial charge in [0, 0.05) is 5.92 Å². The van der Waals surface area contributed by atoms with E-state index in [-0.39, 0.29) is 0 Å². The standard InChI is InChI=1S/C14H16N4O3/c19-13(20)9-21-12-8-4-3-7-11(12)18-14(15-16-17-18)10-5-1-2-6-10/h3-4,7-8,10H,1-2,5-6,9H2,(H,19,20). The molecule has 1 aromatic heterocycles. The Morgan fingerprint density at radius 1 is 1.33 bits per heavy atom. The molecule has 1 heterocycles. The first-order valence-corrected chi connectivity index (χ1v) is 6.98. The van der Waals surface area contributed by atoms with E-state index >= 15 is 0 Å². The van der Waals surface area contributed by atoms with E-state index in [1.165, 1.54) is 12.8 Å². The molecule has 0 aliphatic heterocycles. The Morgan fingerprint density at radius 2 is 2.10 bits per heavy atom. The number of benzene rings is 1. The Kier molecular flexibility index (Phi) is 3.81. The summed E-state index contributed by atoms with van der Waals surface area (Å²) in [5.41, 5.74) is 0.672. The molecular formula is C14H16N4O3. The number of nitrogens with zero attached hydrogens (tertiary/aromatic N) is 4. The van der Waals surface area contributed by atoms with E-state index in [1.54, 1.807) is 16.8 Å². The molecule has 7 heteroatoms. The summed E-state index contributed by atoms with van der Waals surface area (Å²) >= 11 is 0. The summed E-state index contributed by atoms with van der Waals surface area (Å²) < 4.78 is 6.98. The lowest BCUT2D eigenvalue weighted by Gasteiger charge is -2.13. The maximum absolute atomic E-state index is 10.7. The molecule has 1 fully saturated rings. The average molecular weight is 288 g/mol. The first-order chi connectivity index (χ1) is 10.3. The summed E-state index contributed by atoms with van der Waals surface area (Å²) in [6.45, 7) is -0.391. The fourth-order valence-corrected chi connectivity index (χ4v) is 2.70. The Hall–Kier alpha value is -2.44. The molecule has 0 atom stereocenters. The zero-order chi connectivity index (χ0) is 14.7. The third-order valence-electron chi connectivity index (χ3n) is 3.66. The van der Waals surface area contributed by atoms with Crippen LogP contribution in [0.25, 0.3) is 5.69 Å². The van der Waals surface area contributed by atoms with Crippen LogP contribution in [0, 0.1) is 0 Å². The van der Waals surface area contributed by atoms with Gasteiger partial charge in [-0.25, -0.2) is 4.79 Å². The summed E-state index contributed by atoms with van der Waals surface area (Å²) in [5.74, 6) is 0.621. The minimum atomic E-state index is -1.02. The summed E-state index contributed by atoms with van der Waals surface area (Å²) in [5, 5.41) is 20.7. The fraction of sp³-hybridized carbons (Fsp3) is 0.429. The molecule has 1 aromatic carbocycles. The maximum atomic E-state index is 10.7. The SMILES string of the molecule is O=C(O)COc1ccccc1-n1nnnc1C1CCCC1. The molecule has 1 saturated carbocycles. The number of carboxylic acids is 1. The van der Waals surface area contributed by atoms with Crippen molar-refractivity contribution in [1.29, 1.82) is 0 Å². The van der Waals surface area contributed by atoms with Crippen LogP contribution in [0.3, 0.4) is 0 Å². The van der Waals surface area contributed by atoms with E-state index in [4.69, 9.17) is 9.84 Å². The van der Waals surface area contributed by atoms with Crippen molar-refractivity contribution in [2.24, 2.45) is 0 Å². The van der Waals surface area contributed by atoms with E-state index < -0.39 is 12.6 Å². The number of tetrazole rings is 1. The molecule has 0 bridgehead atoms. The molecule has 0 amide bonds. The third-order valence-corrected chi connectivity index (χ3v) is 3.66. The van der Waals surface area contributed by atoms with Crippen LogP contribution in [-0.2, 0) is 4.79 Å². The lowest BCUT2D eigenvalue weighted by Crippen LogP contribution is -2.13. The molecular weight excluding hydrogens is 272 g/mol. The largest absolute Gasteiger partial charge is 0.480 e. The molecule has 0 unspecified atom stereocenters. The minimum absolute atomic E-state index is 0.354. The van der Waals surface area contributed by atoms with Crippen LogP contribution in [0.2, 0.25) is 0 Å². The Morgan fingerprint density at radius 3 is 2.86 bits per heavy atom. The second kappa shape index (κ2) is 5.90. The number of carbonyl (C=O) groups is 1. The Bertz CT molecular complexity index is 635. The van der Waals surface area contributed by atoms with E-state index in [0.29, 0.717) is 17.4 Å². The molecule has 21 heavy (non-hydrogen) atoms. The van der Waals surface area contributed by atoms with Crippen molar-refractivity contribution in [3.8, 4) is 11.4 Å². The van der Waals surface area contributed by atoms with Gasteiger partial charge in [0.15, 0.2) is 12.4 Å². The van der Waals surface area contributed by atoms with Crippen molar-refractivity contribution < 1.29 is 14.6 Å². The number of para-hydroxylation sites is 2. The van der Waals surface area contributed by atoms with Gasteiger partial charge in [0.1, 0.15) is 11.4 Å². The van der Waals surface area contributed by atoms with Gasteiger partial charge in [-0.05, 0) is 35.4 Å². The molecule has 1 aliphatic carbocycles. The molecule has 1 N–H and O–H groups in total. The zero-order valence-electron chi connectivity index (χ0n) is 11.5. The lowest BCUT2D eigenvalue weighted by atomic mass is 10.1. The van der Waals surface area contributed by atoms with Crippen LogP contribution in [0.5, 0.6) is 5.75 Å². The highest BCUT2D eigenvalue weighted by Gasteiger charge is 2.24. The highest BCUT2D eigenvalue weighted by atomic mass is 16.5. The average Bonchev–Trinajstić information content (AvgIpc) is 3.15. The first-order valence-electron chi connectivity index (χ1n) is 6.98. The molecule has 0 radical (unpaired) electrons. The van der Waals surface area contributed by atoms with Crippen molar-refractivity contribution in [1.82, 2.24) is 20.2 Å². The maximum Gasteiger partial charge on any atom is 0.341 e. The van der Waals surface area contributed by atoms with Crippen LogP contribution in [-0.4, -0.2) is 37.9 Å². The van der Waals surface area contributed by atoms with E-state index in [2.05, 4.69) is 15.5 Å². The fourth-order valence-electron chi connectivity index (χ4n) is 2.70. The van der Waals surface area contributed by atoms with E-state index in [1.807, 2.05) is 12.1 Å². The Balaban J connectivity index is 1.93. The number of rotatable bonds is 5. The van der Waals surface area contributed by atoms with Gasteiger partial charge in [0.2, 0.25) is 0 Å². The number of aromatic nitrogens is 4. The molecule has 0 saturated heterocycles. The van der Waals surface area contributed by atoms with Crippen molar-refractivity contribution in [3.63, 3.8) is 0 Å². The Labute approximate surface area is 121 Å². The van der Waals surface area contributed by atoms with Gasteiger partial charge in [0.05, 0.1) is 0 Å². The zero-order valence-corrected chi connectivity index (χ0v) is 11.5. The monoisotopic (exact) mass is 288 g/mol. The highest BCUT2D eigenvalue weighted by molar-refractivity contribution is 5.68. The summed E-state index contributed by atoms with van der Waals surface area (Å²) in [6.07, 6.45) is 4.54. The predicted octanol–water partition coefficient (Wildman–Crippen LogP) is 1.78. The first kappa shape index (κ1) is 13.5. The van der Waals surface area contributed by atoms with Gasteiger partial charge in [-0.2, -0.15) is 4.68 Å². The van der Waals surface area contributed by atoms with Crippen LogP contribution in [0.15, 0.2) is 24.3 Å². The number of ether oxygens (including phenoxy) is 1. The van der Waals surface area contributed by atoms with E-state index in [0.717, 1.165) is 18.7 Å². The van der Waals surface area contributed by atoms with Gasteiger partial charge < -0.3 is 9.84 Å². The van der Waals surface area contributed by atoms with Crippen LogP contribution in [0.1, 0.15) is 37.4 Å². The van der Waals surface area contributed by atoms with Gasteiger partial charge >= 0.3 is 5.97 Å². The molecule has 1 aliphatic rings. The van der Waals surface area contributed by atoms with Gasteiger partial charge in [-0.3, -0.25) is 0 Å². The summed E-state index contributed by atoms with van der Waals surface area (Å²) in [6, 6.07) is 7.19. The van der Waals surface area contributed by atoms with Crippen molar-refractivity contribution in [3.05, 3.63) is 30.1 Å². The second-order valence-corrected chi connectivity index (χ2v) is 5.08. The van der Waals surface area contributed by atoms with Crippen molar-refractivity contribution in [2.75, 3.05) is 6.61 Å². The normalized spacial score (nSPS) is 15.2. The smallest absolute Gasteiger partial charge is 0.341 e. The third kappa shape index (κ3) is 2.86. The van der Waals surface area contributed by atoms with Crippen LogP contribution >= 0.6 is 0 Å². The van der Waals surface area contributed by atoms with Gasteiger partial charge in [-0.15, -0.1) is 5.10 Å². The van der Waals surface area contributed by atoms with Gasteiger partial charge in [0.25, 0.3) is 0 Å². The summed E-state index contributed by atoms with van der Waals surface area (Å²) in [7, 11) is 0. The van der Waals surface area contributed by atoms with Gasteiger partial charge in [-0.1, -0.05) is 25.0 Å². The number of hydrogen-bond donors (Lipinski definition) is 1. The highest BCUT2D eigenvalue weighted by Crippen LogP contribution is 2.34. The molecule has 110 valence electrons. The van der Waals surface area contributed by atoms with Crippen molar-refractivity contribution >= 4 is 5.97 Å². The lowest BCUT2D eigenvalue weighted by molar-refractivity contribution is -0.139. The quantitative estimate of drug-likeness (QED) is 0.902.